The Labute approximate surface area is 313 Å². The largest absolute Gasteiger partial charge is 0.309 e. The summed E-state index contributed by atoms with van der Waals surface area (Å²) in [6, 6.07) is 68.3. The molecule has 10 aromatic rings. The lowest BCUT2D eigenvalue weighted by atomic mass is 9.97. The quantitative estimate of drug-likeness (QED) is 0.184. The molecule has 252 valence electrons. The van der Waals surface area contributed by atoms with Gasteiger partial charge in [0.25, 0.3) is 0 Å². The van der Waals surface area contributed by atoms with Crippen molar-refractivity contribution in [3.63, 3.8) is 0 Å². The first-order valence-corrected chi connectivity index (χ1v) is 18.5. The molecule has 2 aromatic heterocycles. The Balaban J connectivity index is 1.17. The molecule has 0 fully saturated rings. The minimum atomic E-state index is 1.10. The van der Waals surface area contributed by atoms with Gasteiger partial charge in [0.2, 0.25) is 0 Å². The van der Waals surface area contributed by atoms with Crippen LogP contribution in [-0.4, -0.2) is 9.55 Å². The second-order valence-corrected chi connectivity index (χ2v) is 14.0. The molecule has 3 heteroatoms. The lowest BCUT2D eigenvalue weighted by molar-refractivity contribution is 1.13. The fourth-order valence-electron chi connectivity index (χ4n) is 8.64. The van der Waals surface area contributed by atoms with Crippen LogP contribution in [0.5, 0.6) is 0 Å². The summed E-state index contributed by atoms with van der Waals surface area (Å²) in [5.74, 6) is 0. The van der Waals surface area contributed by atoms with E-state index in [0.717, 1.165) is 39.3 Å². The second kappa shape index (κ2) is 12.2. The zero-order chi connectivity index (χ0) is 35.6. The van der Waals surface area contributed by atoms with E-state index in [4.69, 9.17) is 0 Å². The Morgan fingerprint density at radius 2 is 0.926 bits per heavy atom. The second-order valence-electron chi connectivity index (χ2n) is 14.0. The predicted octanol–water partition coefficient (Wildman–Crippen LogP) is 13.8. The smallest absolute Gasteiger partial charge is 0.0641 e. The van der Waals surface area contributed by atoms with Crippen LogP contribution in [0.1, 0.15) is 0 Å². The molecule has 0 bridgehead atoms. The minimum absolute atomic E-state index is 1.10. The standard InChI is InChI=1S/C51H33N3/c1-3-21-40-34(14-1)16-13-26-41(40)35-17-11-20-39(30-35)54-48-28-9-6-24-44(48)50-43-23-5-8-27-47(43)53(49-29-10-7-25-45(49)51(50)54)38-19-12-18-36(31-38)46-33-52-32-37-15-2-4-22-42(37)46/h1-33H. The highest BCUT2D eigenvalue weighted by atomic mass is 15.2. The van der Waals surface area contributed by atoms with Crippen molar-refractivity contribution >= 4 is 49.5 Å². The molecule has 1 aliphatic heterocycles. The molecule has 1 aliphatic rings. The summed E-state index contributed by atoms with van der Waals surface area (Å²) in [6.45, 7) is 0. The molecule has 0 atom stereocenters. The van der Waals surface area contributed by atoms with Gasteiger partial charge in [-0.05, 0) is 75.3 Å². The number of nitrogens with zero attached hydrogens (tertiary/aromatic N) is 3. The van der Waals surface area contributed by atoms with Gasteiger partial charge in [-0.2, -0.15) is 0 Å². The molecule has 11 rings (SSSR count). The monoisotopic (exact) mass is 687 g/mol. The Bertz CT molecular complexity index is 3070. The highest BCUT2D eigenvalue weighted by Gasteiger charge is 2.31. The first-order chi connectivity index (χ1) is 26.8. The third-order valence-electron chi connectivity index (χ3n) is 11.0. The SMILES string of the molecule is c1cc(-c2cncc3ccccc23)cc(N2c3ccccc3-c3c(n(-c4cccc(-c5cccc6ccccc56)c4)c4ccccc34)-c3ccccc32)c1. The van der Waals surface area contributed by atoms with Gasteiger partial charge >= 0.3 is 0 Å². The van der Waals surface area contributed by atoms with Crippen LogP contribution < -0.4 is 4.90 Å². The predicted molar refractivity (Wildman–Crippen MR) is 226 cm³/mol. The molecule has 0 saturated carbocycles. The summed E-state index contributed by atoms with van der Waals surface area (Å²) < 4.78 is 2.48. The number of hydrogen-bond donors (Lipinski definition) is 0. The van der Waals surface area contributed by atoms with E-state index in [1.165, 1.54) is 60.6 Å². The van der Waals surface area contributed by atoms with E-state index in [-0.39, 0.29) is 0 Å². The summed E-state index contributed by atoms with van der Waals surface area (Å²) in [4.78, 5) is 7.07. The number of pyridine rings is 1. The van der Waals surface area contributed by atoms with Crippen molar-refractivity contribution in [3.05, 3.63) is 200 Å². The average molecular weight is 688 g/mol. The lowest BCUT2D eigenvalue weighted by Gasteiger charge is -2.28. The topological polar surface area (TPSA) is 21.1 Å². The number of aromatic nitrogens is 2. The number of hydrogen-bond acceptors (Lipinski definition) is 2. The van der Waals surface area contributed by atoms with Crippen LogP contribution in [0.15, 0.2) is 200 Å². The Morgan fingerprint density at radius 3 is 1.76 bits per heavy atom. The van der Waals surface area contributed by atoms with Crippen LogP contribution in [0.3, 0.4) is 0 Å². The number of fused-ring (bicyclic) bond motifs is 9. The molecule has 0 unspecified atom stereocenters. The van der Waals surface area contributed by atoms with Crippen molar-refractivity contribution in [2.75, 3.05) is 4.90 Å². The van der Waals surface area contributed by atoms with Crippen LogP contribution in [0.25, 0.3) is 82.8 Å². The third-order valence-corrected chi connectivity index (χ3v) is 11.0. The van der Waals surface area contributed by atoms with Crippen molar-refractivity contribution in [3.8, 4) is 50.3 Å². The fraction of sp³-hybridized carbons (Fsp3) is 0. The molecule has 0 aliphatic carbocycles. The van der Waals surface area contributed by atoms with Gasteiger partial charge in [-0.15, -0.1) is 0 Å². The van der Waals surface area contributed by atoms with Gasteiger partial charge in [-0.1, -0.05) is 146 Å². The summed E-state index contributed by atoms with van der Waals surface area (Å²) in [6.07, 6.45) is 3.93. The molecule has 0 spiro atoms. The van der Waals surface area contributed by atoms with E-state index in [1.807, 2.05) is 12.4 Å². The molecule has 0 amide bonds. The summed E-state index contributed by atoms with van der Waals surface area (Å²) >= 11 is 0. The van der Waals surface area contributed by atoms with E-state index in [0.29, 0.717) is 0 Å². The Hall–Kier alpha value is -7.23. The van der Waals surface area contributed by atoms with E-state index >= 15 is 0 Å². The highest BCUT2D eigenvalue weighted by Crippen LogP contribution is 2.54. The van der Waals surface area contributed by atoms with E-state index in [9.17, 15) is 0 Å². The van der Waals surface area contributed by atoms with Crippen LogP contribution in [0.2, 0.25) is 0 Å². The molecule has 3 heterocycles. The maximum Gasteiger partial charge on any atom is 0.0641 e. The molecule has 54 heavy (non-hydrogen) atoms. The molecule has 8 aromatic carbocycles. The molecule has 0 saturated heterocycles. The third kappa shape index (κ3) is 4.65. The zero-order valence-electron chi connectivity index (χ0n) is 29.4. The highest BCUT2D eigenvalue weighted by molar-refractivity contribution is 6.13. The van der Waals surface area contributed by atoms with Gasteiger partial charge in [0.1, 0.15) is 0 Å². The number of anilines is 3. The molecular weight excluding hydrogens is 655 g/mol. The average Bonchev–Trinajstić information content (AvgIpc) is 3.52. The Kier molecular flexibility index (Phi) is 6.86. The first kappa shape index (κ1) is 30.4. The van der Waals surface area contributed by atoms with Crippen LogP contribution in [0.4, 0.5) is 17.1 Å². The van der Waals surface area contributed by atoms with Gasteiger partial charge in [-0.3, -0.25) is 4.98 Å². The van der Waals surface area contributed by atoms with Crippen LogP contribution in [-0.2, 0) is 0 Å². The number of para-hydroxylation sites is 3. The first-order valence-electron chi connectivity index (χ1n) is 18.5. The van der Waals surface area contributed by atoms with Crippen molar-refractivity contribution in [2.45, 2.75) is 0 Å². The van der Waals surface area contributed by atoms with Crippen LogP contribution in [0, 0.1) is 0 Å². The van der Waals surface area contributed by atoms with E-state index < -0.39 is 0 Å². The van der Waals surface area contributed by atoms with Crippen molar-refractivity contribution in [1.29, 1.82) is 0 Å². The zero-order valence-corrected chi connectivity index (χ0v) is 29.4. The summed E-state index contributed by atoms with van der Waals surface area (Å²) in [7, 11) is 0. The maximum absolute atomic E-state index is 4.63. The van der Waals surface area contributed by atoms with Gasteiger partial charge in [0.15, 0.2) is 0 Å². The number of benzene rings is 8. The van der Waals surface area contributed by atoms with Gasteiger partial charge in [0, 0.05) is 56.8 Å². The fourth-order valence-corrected chi connectivity index (χ4v) is 8.64. The Morgan fingerprint density at radius 1 is 0.370 bits per heavy atom. The van der Waals surface area contributed by atoms with Crippen LogP contribution >= 0.6 is 0 Å². The number of rotatable bonds is 4. The van der Waals surface area contributed by atoms with Crippen molar-refractivity contribution < 1.29 is 0 Å². The summed E-state index contributed by atoms with van der Waals surface area (Å²) in [5.41, 5.74) is 15.2. The van der Waals surface area contributed by atoms with Crippen molar-refractivity contribution in [2.24, 2.45) is 0 Å². The minimum Gasteiger partial charge on any atom is -0.309 e. The van der Waals surface area contributed by atoms with E-state index in [2.05, 4.69) is 203 Å². The van der Waals surface area contributed by atoms with E-state index in [1.54, 1.807) is 0 Å². The lowest BCUT2D eigenvalue weighted by Crippen LogP contribution is -2.11. The maximum atomic E-state index is 4.63. The van der Waals surface area contributed by atoms with Gasteiger partial charge in [-0.25, -0.2) is 0 Å². The van der Waals surface area contributed by atoms with Gasteiger partial charge < -0.3 is 9.47 Å². The molecular formula is C51H33N3. The van der Waals surface area contributed by atoms with Gasteiger partial charge in [0.05, 0.1) is 22.6 Å². The van der Waals surface area contributed by atoms with Crippen molar-refractivity contribution in [1.82, 2.24) is 9.55 Å². The molecule has 0 N–H and O–H groups in total. The molecule has 3 nitrogen and oxygen atoms in total. The normalized spacial score (nSPS) is 12.0. The molecule has 0 radical (unpaired) electrons. The summed E-state index contributed by atoms with van der Waals surface area (Å²) in [5, 5.41) is 6.05.